The number of rotatable bonds is 0. The van der Waals surface area contributed by atoms with Crippen molar-refractivity contribution in [2.24, 2.45) is 0 Å². The van der Waals surface area contributed by atoms with Crippen molar-refractivity contribution >= 4 is 0 Å². The van der Waals surface area contributed by atoms with Crippen LogP contribution in [0, 0.1) is 49.9 Å². The number of hydrogen-bond acceptors (Lipinski definition) is 0. The Kier molecular flexibility index (Phi) is 110. The molecular formula is C12H16HfN4. The fraction of sp³-hybridized carbons (Fsp3) is 0.333. The Hall–Kier alpha value is -1.69. The molecule has 0 aliphatic carbocycles. The summed E-state index contributed by atoms with van der Waals surface area (Å²) in [5, 5.41) is 13.1. The molecule has 88 valence electrons. The second-order valence-corrected chi connectivity index (χ2v) is 1.41. The molecule has 0 saturated heterocycles. The predicted octanol–water partition coefficient (Wildman–Crippen LogP) is 2.32. The third-order valence-electron chi connectivity index (χ3n) is 0.516. The van der Waals surface area contributed by atoms with Gasteiger partial charge in [-0.25, -0.2) is 24.2 Å². The molecule has 0 unspecified atom stereocenters. The molecular weight excluding hydrogens is 379 g/mol. The van der Waals surface area contributed by atoms with Gasteiger partial charge in [0.25, 0.3) is 0 Å². The van der Waals surface area contributed by atoms with E-state index < -0.39 is 0 Å². The van der Waals surface area contributed by atoms with E-state index in [-0.39, 0.29) is 25.8 Å². The minimum atomic E-state index is 0. The number of terminal acetylenes is 4. The van der Waals surface area contributed by atoms with Gasteiger partial charge in [0.2, 0.25) is 0 Å². The summed E-state index contributed by atoms with van der Waals surface area (Å²) in [6.07, 6.45) is 18.4. The Morgan fingerprint density at radius 3 is 0.588 bits per heavy atom. The molecule has 0 aromatic carbocycles. The molecule has 0 spiro atoms. The van der Waals surface area contributed by atoms with Crippen LogP contribution in [0.15, 0.2) is 0 Å². The molecule has 0 atom stereocenters. The van der Waals surface area contributed by atoms with Crippen molar-refractivity contribution in [3.63, 3.8) is 0 Å². The monoisotopic (exact) mass is 396 g/mol. The van der Waals surface area contributed by atoms with E-state index in [1.54, 1.807) is 28.2 Å². The maximum Gasteiger partial charge on any atom is 4.00 e. The average molecular weight is 395 g/mol. The van der Waals surface area contributed by atoms with Crippen molar-refractivity contribution < 1.29 is 25.8 Å². The zero-order valence-electron chi connectivity index (χ0n) is 10.6. The van der Waals surface area contributed by atoms with Crippen LogP contribution < -0.4 is 0 Å². The Balaban J connectivity index is -0.0000000369. The first-order chi connectivity index (χ1) is 7.66. The SMILES string of the molecule is C#C[N-]C.C#C[N-]C.C#C[N-]C.C#C[N-]C.[Hf+4]. The van der Waals surface area contributed by atoms with Gasteiger partial charge in [-0.15, -0.1) is 53.9 Å². The van der Waals surface area contributed by atoms with Gasteiger partial charge in [-0.1, -0.05) is 0 Å². The van der Waals surface area contributed by atoms with Crippen LogP contribution in [-0.2, 0) is 25.8 Å². The van der Waals surface area contributed by atoms with E-state index in [0.29, 0.717) is 0 Å². The van der Waals surface area contributed by atoms with Crippen molar-refractivity contribution in [2.45, 2.75) is 0 Å². The van der Waals surface area contributed by atoms with E-state index in [1.807, 2.05) is 0 Å². The fourth-order valence-electron chi connectivity index (χ4n) is 0. The molecule has 0 bridgehead atoms. The minimum absolute atomic E-state index is 0. The molecule has 0 aromatic rings. The molecule has 17 heavy (non-hydrogen) atoms. The predicted molar refractivity (Wildman–Crippen MR) is 72.5 cm³/mol. The minimum Gasteiger partial charge on any atom is -0.645 e. The molecule has 0 aliphatic rings. The number of hydrogen-bond donors (Lipinski definition) is 0. The van der Waals surface area contributed by atoms with E-state index >= 15 is 0 Å². The summed E-state index contributed by atoms with van der Waals surface area (Å²) in [5.74, 6) is 0. The topological polar surface area (TPSA) is 56.4 Å². The van der Waals surface area contributed by atoms with Gasteiger partial charge in [0.1, 0.15) is 0 Å². The molecule has 4 nitrogen and oxygen atoms in total. The largest absolute Gasteiger partial charge is 4.00 e. The van der Waals surface area contributed by atoms with Gasteiger partial charge in [0.05, 0.1) is 0 Å². The zero-order valence-corrected chi connectivity index (χ0v) is 14.2. The Labute approximate surface area is 125 Å². The summed E-state index contributed by atoms with van der Waals surface area (Å²) in [6.45, 7) is 0. The van der Waals surface area contributed by atoms with Crippen LogP contribution >= 0.6 is 0 Å². The summed E-state index contributed by atoms with van der Waals surface area (Å²) in [6, 6.07) is 8.22. The molecule has 0 aliphatic heterocycles. The summed E-state index contributed by atoms with van der Waals surface area (Å²) < 4.78 is 0. The van der Waals surface area contributed by atoms with Gasteiger partial charge in [-0.2, -0.15) is 0 Å². The Bertz CT molecular complexity index is 194. The molecule has 0 aromatic heterocycles. The molecule has 0 N–H and O–H groups in total. The smallest absolute Gasteiger partial charge is 0.645 e. The Morgan fingerprint density at radius 2 is 0.588 bits per heavy atom. The van der Waals surface area contributed by atoms with Gasteiger partial charge >= 0.3 is 25.8 Å². The first-order valence-corrected chi connectivity index (χ1v) is 3.84. The van der Waals surface area contributed by atoms with Crippen molar-refractivity contribution in [3.8, 4) is 49.9 Å². The van der Waals surface area contributed by atoms with Crippen molar-refractivity contribution in [1.82, 2.24) is 0 Å². The van der Waals surface area contributed by atoms with Gasteiger partial charge in [0.15, 0.2) is 0 Å². The maximum absolute atomic E-state index is 4.61. The first kappa shape index (κ1) is 29.5. The van der Waals surface area contributed by atoms with Crippen LogP contribution in [0.3, 0.4) is 0 Å². The second kappa shape index (κ2) is 63.7. The van der Waals surface area contributed by atoms with Gasteiger partial charge < -0.3 is 21.3 Å². The van der Waals surface area contributed by atoms with E-state index in [2.05, 4.69) is 71.1 Å². The van der Waals surface area contributed by atoms with Crippen molar-refractivity contribution in [2.75, 3.05) is 28.2 Å². The third-order valence-corrected chi connectivity index (χ3v) is 0.516. The molecule has 0 amide bonds. The second-order valence-electron chi connectivity index (χ2n) is 1.41. The quantitative estimate of drug-likeness (QED) is 0.447. The first-order valence-electron chi connectivity index (χ1n) is 3.84. The summed E-state index contributed by atoms with van der Waals surface area (Å²) in [4.78, 5) is 0. The summed E-state index contributed by atoms with van der Waals surface area (Å²) >= 11 is 0. The zero-order chi connectivity index (χ0) is 13.7. The molecule has 0 rings (SSSR count). The van der Waals surface area contributed by atoms with E-state index in [9.17, 15) is 0 Å². The third kappa shape index (κ3) is 406. The van der Waals surface area contributed by atoms with Crippen LogP contribution in [0.1, 0.15) is 0 Å². The molecule has 0 saturated carbocycles. The number of nitrogens with zero attached hydrogens (tertiary/aromatic N) is 4. The van der Waals surface area contributed by atoms with Gasteiger partial charge in [-0.05, 0) is 0 Å². The average Bonchev–Trinajstić information content (AvgIpc) is 2.39. The van der Waals surface area contributed by atoms with E-state index in [4.69, 9.17) is 0 Å². The standard InChI is InChI=1S/4C3H4N.Hf/c4*1-3-4-2;/h4*1H,2H3;/q4*-1;+4. The molecule has 5 heteroatoms. The van der Waals surface area contributed by atoms with Crippen LogP contribution in [0.2, 0.25) is 0 Å². The van der Waals surface area contributed by atoms with Crippen LogP contribution in [0.4, 0.5) is 0 Å². The van der Waals surface area contributed by atoms with Gasteiger partial charge in [-0.3, -0.25) is 0 Å². The normalized spacial score (nSPS) is 3.76. The Morgan fingerprint density at radius 1 is 0.529 bits per heavy atom. The van der Waals surface area contributed by atoms with E-state index in [0.717, 1.165) is 0 Å². The maximum atomic E-state index is 4.61. The summed E-state index contributed by atoms with van der Waals surface area (Å²) in [5.41, 5.74) is 0. The van der Waals surface area contributed by atoms with Gasteiger partial charge in [0, 0.05) is 0 Å². The summed E-state index contributed by atoms with van der Waals surface area (Å²) in [7, 11) is 6.28. The van der Waals surface area contributed by atoms with Crippen molar-refractivity contribution in [3.05, 3.63) is 21.3 Å². The molecule has 0 heterocycles. The van der Waals surface area contributed by atoms with Crippen LogP contribution in [0.25, 0.3) is 21.3 Å². The van der Waals surface area contributed by atoms with Crippen LogP contribution in [0.5, 0.6) is 0 Å². The molecule has 0 fully saturated rings. The van der Waals surface area contributed by atoms with Crippen molar-refractivity contribution in [1.29, 1.82) is 0 Å². The fourth-order valence-corrected chi connectivity index (χ4v) is 0. The molecule has 0 radical (unpaired) electrons. The van der Waals surface area contributed by atoms with Crippen LogP contribution in [-0.4, -0.2) is 28.2 Å². The van der Waals surface area contributed by atoms with E-state index in [1.165, 1.54) is 0 Å².